The zero-order chi connectivity index (χ0) is 10.7. The summed E-state index contributed by atoms with van der Waals surface area (Å²) in [5.74, 6) is -0.0660. The van der Waals surface area contributed by atoms with Crippen LogP contribution in [0.15, 0.2) is 12.4 Å². The summed E-state index contributed by atoms with van der Waals surface area (Å²) < 4.78 is 5.41. The van der Waals surface area contributed by atoms with Crippen molar-refractivity contribution in [3.63, 3.8) is 0 Å². The number of hydrogen-bond acceptors (Lipinski definition) is 3. The number of carbonyl (C=O) groups excluding carboxylic acids is 1. The lowest BCUT2D eigenvalue weighted by molar-refractivity contribution is -0.00862. The molecule has 1 amide bonds. The average Bonchev–Trinajstić information content (AvgIpc) is 2.67. The summed E-state index contributed by atoms with van der Waals surface area (Å²) in [6, 6.07) is 0.254. The molecular weight excluding hydrogens is 194 g/mol. The van der Waals surface area contributed by atoms with Gasteiger partial charge in [-0.15, -0.1) is 0 Å². The van der Waals surface area contributed by atoms with E-state index in [0.717, 1.165) is 19.4 Å². The first-order valence-corrected chi connectivity index (χ1v) is 5.21. The summed E-state index contributed by atoms with van der Waals surface area (Å²) in [5.41, 5.74) is 0.579. The molecule has 0 spiro atoms. The van der Waals surface area contributed by atoms with Crippen LogP contribution in [-0.4, -0.2) is 34.9 Å². The van der Waals surface area contributed by atoms with E-state index < -0.39 is 0 Å². The molecule has 0 radical (unpaired) electrons. The average molecular weight is 209 g/mol. The summed E-state index contributed by atoms with van der Waals surface area (Å²) in [4.78, 5) is 11.6. The fourth-order valence-corrected chi connectivity index (χ4v) is 1.70. The van der Waals surface area contributed by atoms with Gasteiger partial charge in [-0.3, -0.25) is 9.89 Å². The van der Waals surface area contributed by atoms with Crippen molar-refractivity contribution < 1.29 is 9.53 Å². The van der Waals surface area contributed by atoms with Crippen molar-refractivity contribution in [1.82, 2.24) is 15.5 Å². The second-order valence-corrected chi connectivity index (χ2v) is 3.71. The van der Waals surface area contributed by atoms with Crippen LogP contribution in [-0.2, 0) is 4.74 Å². The fraction of sp³-hybridized carbons (Fsp3) is 0.600. The number of hydrogen-bond donors (Lipinski definition) is 2. The fourth-order valence-electron chi connectivity index (χ4n) is 1.70. The van der Waals surface area contributed by atoms with Crippen molar-refractivity contribution in [2.45, 2.75) is 31.9 Å². The monoisotopic (exact) mass is 209 g/mol. The van der Waals surface area contributed by atoms with E-state index in [4.69, 9.17) is 4.74 Å². The van der Waals surface area contributed by atoms with Crippen LogP contribution in [0.4, 0.5) is 0 Å². The number of rotatable bonds is 4. The van der Waals surface area contributed by atoms with Crippen LogP contribution in [0.5, 0.6) is 0 Å². The predicted octanol–water partition coefficient (Wildman–Crippen LogP) is 0.707. The number of H-pyrrole nitrogens is 1. The Hall–Kier alpha value is -1.36. The lowest BCUT2D eigenvalue weighted by Gasteiger charge is -2.35. The minimum atomic E-state index is -0.0660. The molecule has 1 aromatic rings. The summed E-state index contributed by atoms with van der Waals surface area (Å²) in [6.45, 7) is 2.73. The Morgan fingerprint density at radius 2 is 2.53 bits per heavy atom. The Labute approximate surface area is 88.2 Å². The molecule has 0 aliphatic heterocycles. The minimum absolute atomic E-state index is 0.0660. The molecule has 0 saturated heterocycles. The molecule has 1 fully saturated rings. The number of nitrogens with one attached hydrogen (secondary N) is 2. The molecule has 1 saturated carbocycles. The van der Waals surface area contributed by atoms with Crippen molar-refractivity contribution in [3.8, 4) is 0 Å². The molecule has 0 bridgehead atoms. The van der Waals surface area contributed by atoms with Crippen molar-refractivity contribution >= 4 is 5.91 Å². The van der Waals surface area contributed by atoms with Gasteiger partial charge in [0.1, 0.15) is 0 Å². The van der Waals surface area contributed by atoms with Crippen LogP contribution in [0, 0.1) is 0 Å². The molecular formula is C10H15N3O2. The Kier molecular flexibility index (Phi) is 3.01. The van der Waals surface area contributed by atoms with Crippen molar-refractivity contribution in [2.24, 2.45) is 0 Å². The molecule has 2 N–H and O–H groups in total. The maximum Gasteiger partial charge on any atom is 0.254 e. The van der Waals surface area contributed by atoms with Gasteiger partial charge in [-0.1, -0.05) is 0 Å². The third-order valence-corrected chi connectivity index (χ3v) is 2.59. The van der Waals surface area contributed by atoms with E-state index >= 15 is 0 Å². The summed E-state index contributed by atoms with van der Waals surface area (Å²) in [7, 11) is 0. The summed E-state index contributed by atoms with van der Waals surface area (Å²) in [5, 5.41) is 9.27. The Bertz CT molecular complexity index is 317. The Morgan fingerprint density at radius 1 is 1.73 bits per heavy atom. The van der Waals surface area contributed by atoms with Crippen molar-refractivity contribution in [3.05, 3.63) is 18.0 Å². The molecule has 5 nitrogen and oxygen atoms in total. The Morgan fingerprint density at radius 3 is 3.13 bits per heavy atom. The van der Waals surface area contributed by atoms with Gasteiger partial charge in [0.2, 0.25) is 0 Å². The molecule has 1 aliphatic carbocycles. The zero-order valence-electron chi connectivity index (χ0n) is 8.69. The highest BCUT2D eigenvalue weighted by molar-refractivity contribution is 5.93. The van der Waals surface area contributed by atoms with E-state index in [1.807, 2.05) is 6.92 Å². The highest BCUT2D eigenvalue weighted by atomic mass is 16.5. The molecule has 0 atom stereocenters. The largest absolute Gasteiger partial charge is 0.378 e. The number of nitrogens with zero attached hydrogens (tertiary/aromatic N) is 1. The molecule has 2 rings (SSSR count). The second kappa shape index (κ2) is 4.44. The topological polar surface area (TPSA) is 67.0 Å². The van der Waals surface area contributed by atoms with Crippen LogP contribution in [0.1, 0.15) is 30.1 Å². The Balaban J connectivity index is 1.74. The zero-order valence-corrected chi connectivity index (χ0v) is 8.69. The molecule has 82 valence electrons. The van der Waals surface area contributed by atoms with Crippen LogP contribution in [0.2, 0.25) is 0 Å². The predicted molar refractivity (Wildman–Crippen MR) is 54.5 cm³/mol. The van der Waals surface area contributed by atoms with Crippen LogP contribution < -0.4 is 5.32 Å². The van der Waals surface area contributed by atoms with Crippen LogP contribution >= 0.6 is 0 Å². The van der Waals surface area contributed by atoms with E-state index in [0.29, 0.717) is 11.7 Å². The molecule has 15 heavy (non-hydrogen) atoms. The standard InChI is InChI=1S/C10H15N3O2/c1-2-15-9-3-8(4-9)13-10(14)7-5-11-12-6-7/h5-6,8-9H,2-4H2,1H3,(H,11,12)(H,13,14). The van der Waals surface area contributed by atoms with Crippen LogP contribution in [0.25, 0.3) is 0 Å². The molecule has 1 aliphatic rings. The highest BCUT2D eigenvalue weighted by Crippen LogP contribution is 2.23. The van der Waals surface area contributed by atoms with E-state index in [-0.39, 0.29) is 11.9 Å². The molecule has 1 aromatic heterocycles. The van der Waals surface area contributed by atoms with Gasteiger partial charge in [0.15, 0.2) is 0 Å². The van der Waals surface area contributed by atoms with Crippen molar-refractivity contribution in [2.75, 3.05) is 6.61 Å². The maximum atomic E-state index is 11.6. The number of aromatic nitrogens is 2. The van der Waals surface area contributed by atoms with Gasteiger partial charge in [0.25, 0.3) is 5.91 Å². The van der Waals surface area contributed by atoms with Crippen LogP contribution in [0.3, 0.4) is 0 Å². The van der Waals surface area contributed by atoms with E-state index in [1.165, 1.54) is 6.20 Å². The normalized spacial score (nSPS) is 24.6. The minimum Gasteiger partial charge on any atom is -0.378 e. The maximum absolute atomic E-state index is 11.6. The first kappa shape index (κ1) is 10.2. The molecule has 0 unspecified atom stereocenters. The van der Waals surface area contributed by atoms with E-state index in [1.54, 1.807) is 6.20 Å². The first-order valence-electron chi connectivity index (χ1n) is 5.21. The van der Waals surface area contributed by atoms with Gasteiger partial charge in [-0.05, 0) is 19.8 Å². The number of amides is 1. The lowest BCUT2D eigenvalue weighted by Crippen LogP contribution is -2.47. The first-order chi connectivity index (χ1) is 7.29. The van der Waals surface area contributed by atoms with Gasteiger partial charge in [0.05, 0.1) is 17.9 Å². The second-order valence-electron chi connectivity index (χ2n) is 3.71. The van der Waals surface area contributed by atoms with Crippen molar-refractivity contribution in [1.29, 1.82) is 0 Å². The third-order valence-electron chi connectivity index (χ3n) is 2.59. The van der Waals surface area contributed by atoms with Gasteiger partial charge >= 0.3 is 0 Å². The third kappa shape index (κ3) is 2.36. The molecule has 1 heterocycles. The molecule has 0 aromatic carbocycles. The number of aromatic amines is 1. The number of carbonyl (C=O) groups is 1. The van der Waals surface area contributed by atoms with Gasteiger partial charge < -0.3 is 10.1 Å². The SMILES string of the molecule is CCOC1CC(NC(=O)c2cn[nH]c2)C1. The van der Waals surface area contributed by atoms with E-state index in [2.05, 4.69) is 15.5 Å². The quantitative estimate of drug-likeness (QED) is 0.767. The van der Waals surface area contributed by atoms with Gasteiger partial charge in [0, 0.05) is 18.8 Å². The summed E-state index contributed by atoms with van der Waals surface area (Å²) >= 11 is 0. The molecule has 5 heteroatoms. The lowest BCUT2D eigenvalue weighted by atomic mass is 9.89. The number of ether oxygens (including phenoxy) is 1. The van der Waals surface area contributed by atoms with Gasteiger partial charge in [-0.2, -0.15) is 5.10 Å². The highest BCUT2D eigenvalue weighted by Gasteiger charge is 2.30. The van der Waals surface area contributed by atoms with Gasteiger partial charge in [-0.25, -0.2) is 0 Å². The smallest absolute Gasteiger partial charge is 0.254 e. The van der Waals surface area contributed by atoms with E-state index in [9.17, 15) is 4.79 Å². The summed E-state index contributed by atoms with van der Waals surface area (Å²) in [6.07, 6.45) is 5.27.